The van der Waals surface area contributed by atoms with Crippen LogP contribution in [-0.4, -0.2) is 0 Å². The Morgan fingerprint density at radius 3 is 2.77 bits per heavy atom. The van der Waals surface area contributed by atoms with Crippen molar-refractivity contribution in [2.45, 2.75) is 25.8 Å². The van der Waals surface area contributed by atoms with Crippen molar-refractivity contribution in [1.82, 2.24) is 0 Å². The Labute approximate surface area is 93.2 Å². The predicted octanol–water partition coefficient (Wildman–Crippen LogP) is 3.13. The summed E-state index contributed by atoms with van der Waals surface area (Å²) in [5.74, 6) is 0. The summed E-state index contributed by atoms with van der Waals surface area (Å²) >= 11 is 3.55. The zero-order valence-electron chi connectivity index (χ0n) is 7.51. The summed E-state index contributed by atoms with van der Waals surface area (Å²) < 4.78 is 1.22. The van der Waals surface area contributed by atoms with Gasteiger partial charge in [-0.15, -0.1) is 12.4 Å². The van der Waals surface area contributed by atoms with E-state index in [1.165, 1.54) is 21.2 Å². The SMILES string of the molecule is Cc1ccc(Br)c2c1C(N)CC2.Cl. The molecule has 2 N–H and O–H groups in total. The molecule has 1 nitrogen and oxygen atoms in total. The summed E-state index contributed by atoms with van der Waals surface area (Å²) in [6.45, 7) is 2.14. The number of fused-ring (bicyclic) bond motifs is 1. The Morgan fingerprint density at radius 2 is 2.15 bits per heavy atom. The second-order valence-corrected chi connectivity index (χ2v) is 4.26. The lowest BCUT2D eigenvalue weighted by atomic mass is 10.0. The van der Waals surface area contributed by atoms with E-state index in [2.05, 4.69) is 35.0 Å². The Bertz CT molecular complexity index is 325. The molecule has 0 amide bonds. The van der Waals surface area contributed by atoms with Crippen molar-refractivity contribution < 1.29 is 0 Å². The van der Waals surface area contributed by atoms with Crippen molar-refractivity contribution in [3.63, 3.8) is 0 Å². The van der Waals surface area contributed by atoms with Crippen LogP contribution in [-0.2, 0) is 6.42 Å². The third kappa shape index (κ3) is 1.76. The summed E-state index contributed by atoms with van der Waals surface area (Å²) in [4.78, 5) is 0. The van der Waals surface area contributed by atoms with Crippen LogP contribution < -0.4 is 5.73 Å². The quantitative estimate of drug-likeness (QED) is 0.764. The van der Waals surface area contributed by atoms with Crippen LogP contribution in [0.4, 0.5) is 0 Å². The molecule has 72 valence electrons. The summed E-state index contributed by atoms with van der Waals surface area (Å²) in [6.07, 6.45) is 2.22. The van der Waals surface area contributed by atoms with Crippen molar-refractivity contribution in [1.29, 1.82) is 0 Å². The first-order chi connectivity index (χ1) is 5.70. The van der Waals surface area contributed by atoms with E-state index in [4.69, 9.17) is 5.73 Å². The van der Waals surface area contributed by atoms with Crippen molar-refractivity contribution >= 4 is 28.3 Å². The van der Waals surface area contributed by atoms with Crippen LogP contribution in [0.15, 0.2) is 16.6 Å². The Morgan fingerprint density at radius 1 is 1.46 bits per heavy atom. The lowest BCUT2D eigenvalue weighted by molar-refractivity contribution is 0.710. The maximum atomic E-state index is 6.00. The van der Waals surface area contributed by atoms with Gasteiger partial charge < -0.3 is 5.73 Å². The highest BCUT2D eigenvalue weighted by atomic mass is 79.9. The number of nitrogens with two attached hydrogens (primary N) is 1. The molecule has 0 aromatic heterocycles. The molecule has 1 atom stereocenters. The summed E-state index contributed by atoms with van der Waals surface area (Å²) in [6, 6.07) is 4.51. The van der Waals surface area contributed by atoms with E-state index in [1.807, 2.05) is 0 Å². The topological polar surface area (TPSA) is 26.0 Å². The highest BCUT2D eigenvalue weighted by molar-refractivity contribution is 9.10. The van der Waals surface area contributed by atoms with Crippen LogP contribution in [0, 0.1) is 6.92 Å². The van der Waals surface area contributed by atoms with Crippen LogP contribution in [0.25, 0.3) is 0 Å². The Hall–Kier alpha value is -0.0500. The molecule has 0 radical (unpaired) electrons. The minimum Gasteiger partial charge on any atom is -0.324 e. The molecule has 0 fully saturated rings. The fraction of sp³-hybridized carbons (Fsp3) is 0.400. The van der Waals surface area contributed by atoms with Gasteiger partial charge in [0.25, 0.3) is 0 Å². The molecule has 1 aromatic carbocycles. The van der Waals surface area contributed by atoms with Crippen LogP contribution >= 0.6 is 28.3 Å². The van der Waals surface area contributed by atoms with Gasteiger partial charge in [-0.25, -0.2) is 0 Å². The smallest absolute Gasteiger partial charge is 0.0303 e. The molecule has 1 aliphatic carbocycles. The molecule has 2 rings (SSSR count). The molecular formula is C10H13BrClN. The number of benzene rings is 1. The first-order valence-corrected chi connectivity index (χ1v) is 5.03. The van der Waals surface area contributed by atoms with Gasteiger partial charge in [-0.2, -0.15) is 0 Å². The minimum absolute atomic E-state index is 0. The van der Waals surface area contributed by atoms with Gasteiger partial charge in [0, 0.05) is 10.5 Å². The van der Waals surface area contributed by atoms with Crippen molar-refractivity contribution in [3.8, 4) is 0 Å². The fourth-order valence-corrected chi connectivity index (χ4v) is 2.51. The number of hydrogen-bond donors (Lipinski definition) is 1. The van der Waals surface area contributed by atoms with Gasteiger partial charge in [0.2, 0.25) is 0 Å². The maximum Gasteiger partial charge on any atom is 0.0303 e. The monoisotopic (exact) mass is 261 g/mol. The normalized spacial score (nSPS) is 19.5. The van der Waals surface area contributed by atoms with E-state index >= 15 is 0 Å². The van der Waals surface area contributed by atoms with Gasteiger partial charge in [0.1, 0.15) is 0 Å². The summed E-state index contributed by atoms with van der Waals surface area (Å²) in [7, 11) is 0. The Balaban J connectivity index is 0.000000845. The van der Waals surface area contributed by atoms with Crippen LogP contribution in [0.2, 0.25) is 0 Å². The third-order valence-corrected chi connectivity index (χ3v) is 3.34. The lowest BCUT2D eigenvalue weighted by Gasteiger charge is -2.09. The standard InChI is InChI=1S/C10H12BrN.ClH/c1-6-2-4-8(11)7-3-5-9(12)10(6)7;/h2,4,9H,3,5,12H2,1H3;1H. The molecule has 0 bridgehead atoms. The van der Waals surface area contributed by atoms with E-state index < -0.39 is 0 Å². The molecule has 0 spiro atoms. The van der Waals surface area contributed by atoms with Crippen LogP contribution in [0.1, 0.15) is 29.2 Å². The van der Waals surface area contributed by atoms with Crippen molar-refractivity contribution in [2.75, 3.05) is 0 Å². The summed E-state index contributed by atoms with van der Waals surface area (Å²) in [5.41, 5.74) is 10.1. The van der Waals surface area contributed by atoms with Gasteiger partial charge in [-0.05, 0) is 42.5 Å². The zero-order chi connectivity index (χ0) is 8.72. The molecule has 1 aliphatic rings. The molecular weight excluding hydrogens is 249 g/mol. The first-order valence-electron chi connectivity index (χ1n) is 4.23. The van der Waals surface area contributed by atoms with Crippen LogP contribution in [0.3, 0.4) is 0 Å². The molecule has 13 heavy (non-hydrogen) atoms. The molecule has 1 aromatic rings. The molecule has 3 heteroatoms. The van der Waals surface area contributed by atoms with E-state index in [-0.39, 0.29) is 18.4 Å². The van der Waals surface area contributed by atoms with Crippen molar-refractivity contribution in [3.05, 3.63) is 33.3 Å². The zero-order valence-corrected chi connectivity index (χ0v) is 9.91. The maximum absolute atomic E-state index is 6.00. The molecule has 0 saturated heterocycles. The van der Waals surface area contributed by atoms with Gasteiger partial charge in [-0.1, -0.05) is 22.0 Å². The van der Waals surface area contributed by atoms with E-state index in [0.717, 1.165) is 12.8 Å². The second kappa shape index (κ2) is 3.99. The summed E-state index contributed by atoms with van der Waals surface area (Å²) in [5, 5.41) is 0. The molecule has 1 unspecified atom stereocenters. The third-order valence-electron chi connectivity index (χ3n) is 2.59. The number of hydrogen-bond acceptors (Lipinski definition) is 1. The highest BCUT2D eigenvalue weighted by Gasteiger charge is 2.22. The predicted molar refractivity (Wildman–Crippen MR) is 61.4 cm³/mol. The number of rotatable bonds is 0. The van der Waals surface area contributed by atoms with Crippen molar-refractivity contribution in [2.24, 2.45) is 5.73 Å². The van der Waals surface area contributed by atoms with Crippen LogP contribution in [0.5, 0.6) is 0 Å². The van der Waals surface area contributed by atoms with E-state index in [1.54, 1.807) is 0 Å². The Kier molecular flexibility index (Phi) is 3.38. The first kappa shape index (κ1) is 11.0. The second-order valence-electron chi connectivity index (χ2n) is 3.40. The largest absolute Gasteiger partial charge is 0.324 e. The molecule has 0 aliphatic heterocycles. The highest BCUT2D eigenvalue weighted by Crippen LogP contribution is 2.36. The average molecular weight is 263 g/mol. The lowest BCUT2D eigenvalue weighted by Crippen LogP contribution is -2.06. The average Bonchev–Trinajstić information content (AvgIpc) is 2.42. The molecule has 0 saturated carbocycles. The van der Waals surface area contributed by atoms with Gasteiger partial charge in [-0.3, -0.25) is 0 Å². The van der Waals surface area contributed by atoms with E-state index in [9.17, 15) is 0 Å². The van der Waals surface area contributed by atoms with Gasteiger partial charge in [0.15, 0.2) is 0 Å². The minimum atomic E-state index is 0. The van der Waals surface area contributed by atoms with Gasteiger partial charge >= 0.3 is 0 Å². The van der Waals surface area contributed by atoms with E-state index in [0.29, 0.717) is 0 Å². The van der Waals surface area contributed by atoms with Gasteiger partial charge in [0.05, 0.1) is 0 Å². The fourth-order valence-electron chi connectivity index (χ4n) is 1.97. The molecule has 0 heterocycles. The number of halogens is 2. The number of aryl methyl sites for hydroxylation is 1.